The van der Waals surface area contributed by atoms with Crippen molar-refractivity contribution in [1.82, 2.24) is 20.5 Å². The van der Waals surface area contributed by atoms with E-state index in [4.69, 9.17) is 9.47 Å². The van der Waals surface area contributed by atoms with Gasteiger partial charge in [-0.2, -0.15) is 0 Å². The summed E-state index contributed by atoms with van der Waals surface area (Å²) >= 11 is 0. The third-order valence-corrected chi connectivity index (χ3v) is 7.47. The van der Waals surface area contributed by atoms with Crippen molar-refractivity contribution in [3.8, 4) is 5.75 Å². The molecular weight excluding hydrogens is 496 g/mol. The molecule has 2 aromatic rings. The minimum Gasteiger partial charge on any atom is -0.490 e. The molecule has 0 bridgehead atoms. The second-order valence-electron chi connectivity index (χ2n) is 9.21. The number of nitrogens with one attached hydrogen (secondary N) is 3. The first-order valence-electron chi connectivity index (χ1n) is 12.4. The summed E-state index contributed by atoms with van der Waals surface area (Å²) in [7, 11) is -2.43. The molecule has 1 heterocycles. The van der Waals surface area contributed by atoms with Gasteiger partial charge in [-0.1, -0.05) is 30.7 Å². The van der Waals surface area contributed by atoms with Crippen LogP contribution in [0, 0.1) is 12.8 Å². The average molecular weight is 533 g/mol. The number of nitrogens with zero attached hydrogens (tertiary/aromatic N) is 1. The lowest BCUT2D eigenvalue weighted by Gasteiger charge is -2.30. The first-order chi connectivity index (χ1) is 17.7. The van der Waals surface area contributed by atoms with Crippen LogP contribution in [0.25, 0.3) is 0 Å². The fourth-order valence-corrected chi connectivity index (χ4v) is 4.80. The van der Waals surface area contributed by atoms with Crippen LogP contribution >= 0.6 is 0 Å². The maximum absolute atomic E-state index is 12.7. The number of piperidine rings is 1. The number of amides is 3. The van der Waals surface area contributed by atoms with Gasteiger partial charge in [-0.25, -0.2) is 22.9 Å². The summed E-state index contributed by atoms with van der Waals surface area (Å²) in [5.74, 6) is 0.826. The number of benzene rings is 2. The van der Waals surface area contributed by atoms with Crippen LogP contribution in [-0.2, 0) is 21.2 Å². The molecule has 0 spiro atoms. The molecule has 1 fully saturated rings. The van der Waals surface area contributed by atoms with Crippen LogP contribution in [0.3, 0.4) is 0 Å². The maximum atomic E-state index is 12.7. The van der Waals surface area contributed by atoms with Gasteiger partial charge in [-0.05, 0) is 61.9 Å². The lowest BCUT2D eigenvalue weighted by Crippen LogP contribution is -2.51. The fourth-order valence-electron chi connectivity index (χ4n) is 3.90. The quantitative estimate of drug-likeness (QED) is 0.380. The number of carbonyl (C=O) groups excluding carboxylic acids is 2. The van der Waals surface area contributed by atoms with Gasteiger partial charge in [-0.15, -0.1) is 0 Å². The molecule has 1 saturated heterocycles. The van der Waals surface area contributed by atoms with Crippen LogP contribution in [0.2, 0.25) is 0 Å². The van der Waals surface area contributed by atoms with E-state index in [2.05, 4.69) is 22.4 Å². The van der Waals surface area contributed by atoms with Gasteiger partial charge < -0.3 is 14.8 Å². The van der Waals surface area contributed by atoms with Crippen LogP contribution in [0.5, 0.6) is 5.75 Å². The highest BCUT2D eigenvalue weighted by molar-refractivity contribution is 7.90. The third-order valence-electron chi connectivity index (χ3n) is 6.13. The van der Waals surface area contributed by atoms with Crippen LogP contribution in [0.4, 0.5) is 4.79 Å². The molecular formula is C26H36N4O6S. The molecule has 0 unspecified atom stereocenters. The summed E-state index contributed by atoms with van der Waals surface area (Å²) in [6, 6.07) is 10.8. The Balaban J connectivity index is 1.50. The molecule has 37 heavy (non-hydrogen) atoms. The van der Waals surface area contributed by atoms with Gasteiger partial charge in [0.1, 0.15) is 12.4 Å². The summed E-state index contributed by atoms with van der Waals surface area (Å²) < 4.78 is 37.9. The number of sulfonamides is 1. The molecule has 10 nitrogen and oxygen atoms in total. The molecule has 1 aliphatic rings. The van der Waals surface area contributed by atoms with E-state index in [1.807, 2.05) is 13.0 Å². The minimum absolute atomic E-state index is 0.0136. The molecule has 11 heteroatoms. The van der Waals surface area contributed by atoms with E-state index in [9.17, 15) is 18.0 Å². The van der Waals surface area contributed by atoms with Crippen molar-refractivity contribution >= 4 is 22.0 Å². The number of hydrogen-bond acceptors (Lipinski definition) is 7. The molecule has 0 saturated carbocycles. The van der Waals surface area contributed by atoms with Crippen molar-refractivity contribution in [3.63, 3.8) is 0 Å². The zero-order valence-corrected chi connectivity index (χ0v) is 22.4. The summed E-state index contributed by atoms with van der Waals surface area (Å²) in [4.78, 5) is 24.9. The zero-order chi connectivity index (χ0) is 26.8. The molecule has 1 aliphatic heterocycles. The normalized spacial score (nSPS) is 14.7. The topological polar surface area (TPSA) is 126 Å². The molecule has 0 atom stereocenters. The van der Waals surface area contributed by atoms with Crippen LogP contribution < -0.4 is 20.2 Å². The standard InChI is InChI=1S/C26H36N4O6S/c1-19-11-14-30(15-12-19)28-26(32)29-37(33,34)22-7-5-21(6-8-22)10-13-27-25(31)23-18-20(2)4-9-24(23)36-17-16-35-3/h4-9,18-19H,10-17H2,1-3H3,(H,27,31)(H2,28,29,32). The number of urea groups is 1. The predicted molar refractivity (Wildman–Crippen MR) is 140 cm³/mol. The second-order valence-corrected chi connectivity index (χ2v) is 10.9. The van der Waals surface area contributed by atoms with Gasteiger partial charge in [0.25, 0.3) is 15.9 Å². The summed E-state index contributed by atoms with van der Waals surface area (Å²) in [5, 5.41) is 4.61. The lowest BCUT2D eigenvalue weighted by atomic mass is 10.0. The molecule has 3 amide bonds. The maximum Gasteiger partial charge on any atom is 0.343 e. The number of aryl methyl sites for hydroxylation is 1. The van der Waals surface area contributed by atoms with Crippen molar-refractivity contribution in [2.45, 2.75) is 38.0 Å². The number of ether oxygens (including phenoxy) is 2. The highest BCUT2D eigenvalue weighted by Gasteiger charge is 2.21. The molecule has 0 aromatic heterocycles. The Kier molecular flexibility index (Phi) is 10.3. The van der Waals surface area contributed by atoms with Gasteiger partial charge >= 0.3 is 6.03 Å². The predicted octanol–water partition coefficient (Wildman–Crippen LogP) is 2.63. The molecule has 0 radical (unpaired) electrons. The number of hydrazine groups is 1. The first kappa shape index (κ1) is 28.4. The Labute approximate surface area is 218 Å². The highest BCUT2D eigenvalue weighted by atomic mass is 32.2. The van der Waals surface area contributed by atoms with E-state index < -0.39 is 16.1 Å². The van der Waals surface area contributed by atoms with Crippen molar-refractivity contribution in [3.05, 3.63) is 59.2 Å². The summed E-state index contributed by atoms with van der Waals surface area (Å²) in [6.45, 7) is 6.53. The van der Waals surface area contributed by atoms with Crippen LogP contribution in [-0.4, -0.2) is 65.3 Å². The first-order valence-corrected chi connectivity index (χ1v) is 13.8. The lowest BCUT2D eigenvalue weighted by molar-refractivity contribution is 0.0946. The molecule has 0 aliphatic carbocycles. The molecule has 3 N–H and O–H groups in total. The summed E-state index contributed by atoms with van der Waals surface area (Å²) in [5.41, 5.74) is 4.82. The van der Waals surface area contributed by atoms with E-state index in [-0.39, 0.29) is 10.8 Å². The summed E-state index contributed by atoms with van der Waals surface area (Å²) in [6.07, 6.45) is 2.39. The Morgan fingerprint density at radius 3 is 2.43 bits per heavy atom. The van der Waals surface area contributed by atoms with Crippen molar-refractivity contribution < 1.29 is 27.5 Å². The van der Waals surface area contributed by atoms with Gasteiger partial charge in [0, 0.05) is 26.7 Å². The van der Waals surface area contributed by atoms with Gasteiger partial charge in [0.15, 0.2) is 0 Å². The number of carbonyl (C=O) groups is 2. The minimum atomic E-state index is -4.01. The van der Waals surface area contributed by atoms with Gasteiger partial charge in [0.05, 0.1) is 17.1 Å². The van der Waals surface area contributed by atoms with E-state index in [0.29, 0.717) is 56.5 Å². The van der Waals surface area contributed by atoms with E-state index >= 15 is 0 Å². The Bertz CT molecular complexity index is 1160. The van der Waals surface area contributed by atoms with Crippen molar-refractivity contribution in [1.29, 1.82) is 0 Å². The van der Waals surface area contributed by atoms with Gasteiger partial charge in [0.2, 0.25) is 0 Å². The van der Waals surface area contributed by atoms with E-state index in [0.717, 1.165) is 24.0 Å². The van der Waals surface area contributed by atoms with Gasteiger partial charge in [-0.3, -0.25) is 10.2 Å². The average Bonchev–Trinajstić information content (AvgIpc) is 2.86. The Morgan fingerprint density at radius 2 is 1.76 bits per heavy atom. The Hall–Kier alpha value is -3.15. The third kappa shape index (κ3) is 8.73. The molecule has 202 valence electrons. The zero-order valence-electron chi connectivity index (χ0n) is 21.6. The smallest absolute Gasteiger partial charge is 0.343 e. The number of rotatable bonds is 11. The monoisotopic (exact) mass is 532 g/mol. The van der Waals surface area contributed by atoms with E-state index in [1.54, 1.807) is 36.4 Å². The van der Waals surface area contributed by atoms with Crippen molar-refractivity contribution in [2.24, 2.45) is 5.92 Å². The molecule has 2 aromatic carbocycles. The van der Waals surface area contributed by atoms with Crippen LogP contribution in [0.15, 0.2) is 47.4 Å². The number of methoxy groups -OCH3 is 1. The SMILES string of the molecule is COCCOc1ccc(C)cc1C(=O)NCCc1ccc(S(=O)(=O)NC(=O)NN2CCC(C)CC2)cc1. The Morgan fingerprint density at radius 1 is 1.05 bits per heavy atom. The largest absolute Gasteiger partial charge is 0.490 e. The van der Waals surface area contributed by atoms with E-state index in [1.165, 1.54) is 12.1 Å². The number of hydrogen-bond donors (Lipinski definition) is 3. The van der Waals surface area contributed by atoms with Crippen molar-refractivity contribution in [2.75, 3.05) is 40.0 Å². The second kappa shape index (κ2) is 13.4. The fraction of sp³-hybridized carbons (Fsp3) is 0.462. The molecule has 3 rings (SSSR count). The highest BCUT2D eigenvalue weighted by Crippen LogP contribution is 2.20. The van der Waals surface area contributed by atoms with Crippen LogP contribution in [0.1, 0.15) is 41.3 Å².